The van der Waals surface area contributed by atoms with Gasteiger partial charge in [-0.15, -0.1) is 0 Å². The van der Waals surface area contributed by atoms with Crippen molar-refractivity contribution in [3.05, 3.63) is 35.6 Å². The number of benzene rings is 1. The summed E-state index contributed by atoms with van der Waals surface area (Å²) in [5.74, 6) is -1.18. The van der Waals surface area contributed by atoms with Crippen LogP contribution in [0.5, 0.6) is 0 Å². The van der Waals surface area contributed by atoms with Gasteiger partial charge in [-0.25, -0.2) is 9.18 Å². The van der Waals surface area contributed by atoms with Crippen LogP contribution in [0.1, 0.15) is 18.4 Å². The van der Waals surface area contributed by atoms with E-state index in [0.717, 1.165) is 5.56 Å². The van der Waals surface area contributed by atoms with Crippen LogP contribution >= 0.6 is 0 Å². The van der Waals surface area contributed by atoms with Gasteiger partial charge in [-0.05, 0) is 30.5 Å². The summed E-state index contributed by atoms with van der Waals surface area (Å²) in [4.78, 5) is 21.5. The minimum Gasteiger partial charge on any atom is -0.481 e. The Kier molecular flexibility index (Phi) is 6.35. The lowest BCUT2D eigenvalue weighted by Crippen LogP contribution is -2.37. The molecule has 0 spiro atoms. The van der Waals surface area contributed by atoms with Crippen LogP contribution in [0.25, 0.3) is 0 Å². The molecular weight excluding hydrogens is 251 g/mol. The molecule has 0 fully saturated rings. The van der Waals surface area contributed by atoms with E-state index in [1.54, 1.807) is 12.1 Å². The third kappa shape index (κ3) is 7.03. The quantitative estimate of drug-likeness (QED) is 0.656. The van der Waals surface area contributed by atoms with Crippen LogP contribution < -0.4 is 10.6 Å². The summed E-state index contributed by atoms with van der Waals surface area (Å²) in [6, 6.07) is 5.85. The Hall–Kier alpha value is -2.11. The fourth-order valence-corrected chi connectivity index (χ4v) is 1.52. The Balaban J connectivity index is 2.12. The van der Waals surface area contributed by atoms with Crippen LogP contribution in [-0.4, -0.2) is 30.2 Å². The first-order valence-electron chi connectivity index (χ1n) is 6.06. The number of amides is 2. The molecule has 0 saturated carbocycles. The summed E-state index contributed by atoms with van der Waals surface area (Å²) in [5.41, 5.74) is 0.811. The molecular formula is C13H17FN2O3. The van der Waals surface area contributed by atoms with Crippen molar-refractivity contribution in [1.29, 1.82) is 0 Å². The molecule has 0 unspecified atom stereocenters. The zero-order valence-electron chi connectivity index (χ0n) is 10.5. The predicted molar refractivity (Wildman–Crippen MR) is 68.4 cm³/mol. The van der Waals surface area contributed by atoms with E-state index in [-0.39, 0.29) is 18.3 Å². The number of hydrogen-bond acceptors (Lipinski definition) is 2. The number of nitrogens with one attached hydrogen (secondary N) is 2. The van der Waals surface area contributed by atoms with Gasteiger partial charge in [0.15, 0.2) is 0 Å². The highest BCUT2D eigenvalue weighted by Crippen LogP contribution is 2.03. The molecule has 0 bridgehead atoms. The van der Waals surface area contributed by atoms with Crippen LogP contribution in [-0.2, 0) is 11.2 Å². The van der Waals surface area contributed by atoms with Crippen LogP contribution in [0, 0.1) is 5.82 Å². The standard InChI is InChI=1S/C13H17FN2O3/c14-11-4-1-3-10(9-11)6-8-16-13(19)15-7-2-5-12(17)18/h1,3-4,9H,2,5-8H2,(H,17,18)(H2,15,16,19). The molecule has 104 valence electrons. The van der Waals surface area contributed by atoms with Crippen molar-refractivity contribution in [2.45, 2.75) is 19.3 Å². The Morgan fingerprint density at radius 2 is 1.95 bits per heavy atom. The van der Waals surface area contributed by atoms with Crippen molar-refractivity contribution in [3.8, 4) is 0 Å². The molecule has 1 aromatic carbocycles. The molecule has 2 amide bonds. The summed E-state index contributed by atoms with van der Waals surface area (Å²) in [7, 11) is 0. The van der Waals surface area contributed by atoms with Crippen LogP contribution in [0.4, 0.5) is 9.18 Å². The van der Waals surface area contributed by atoms with E-state index in [0.29, 0.717) is 25.9 Å². The molecule has 19 heavy (non-hydrogen) atoms. The van der Waals surface area contributed by atoms with E-state index in [1.807, 2.05) is 0 Å². The van der Waals surface area contributed by atoms with Crippen molar-refractivity contribution in [3.63, 3.8) is 0 Å². The van der Waals surface area contributed by atoms with Gasteiger partial charge in [0.2, 0.25) is 0 Å². The van der Waals surface area contributed by atoms with Gasteiger partial charge < -0.3 is 15.7 Å². The van der Waals surface area contributed by atoms with E-state index in [9.17, 15) is 14.0 Å². The number of carbonyl (C=O) groups is 2. The fourth-order valence-electron chi connectivity index (χ4n) is 1.52. The Morgan fingerprint density at radius 1 is 1.21 bits per heavy atom. The molecule has 0 aromatic heterocycles. The predicted octanol–water partition coefficient (Wildman–Crippen LogP) is 1.53. The van der Waals surface area contributed by atoms with Crippen LogP contribution in [0.15, 0.2) is 24.3 Å². The minimum absolute atomic E-state index is 0.0313. The second-order valence-electron chi connectivity index (χ2n) is 4.06. The number of carboxylic acid groups (broad SMARTS) is 1. The molecule has 0 aliphatic rings. The van der Waals surface area contributed by atoms with E-state index < -0.39 is 5.97 Å². The molecule has 0 radical (unpaired) electrons. The molecule has 0 saturated heterocycles. The average Bonchev–Trinajstić information content (AvgIpc) is 2.34. The Bertz CT molecular complexity index is 438. The molecule has 0 atom stereocenters. The number of carbonyl (C=O) groups excluding carboxylic acids is 1. The molecule has 1 aromatic rings. The van der Waals surface area contributed by atoms with Gasteiger partial charge in [-0.2, -0.15) is 0 Å². The van der Waals surface area contributed by atoms with Gasteiger partial charge in [0.1, 0.15) is 5.82 Å². The molecule has 1 rings (SSSR count). The van der Waals surface area contributed by atoms with E-state index in [2.05, 4.69) is 10.6 Å². The fraction of sp³-hybridized carbons (Fsp3) is 0.385. The molecule has 0 aliphatic heterocycles. The van der Waals surface area contributed by atoms with Crippen LogP contribution in [0.3, 0.4) is 0 Å². The highest BCUT2D eigenvalue weighted by molar-refractivity contribution is 5.73. The number of halogens is 1. The van der Waals surface area contributed by atoms with Crippen molar-refractivity contribution in [2.24, 2.45) is 0 Å². The zero-order valence-corrected chi connectivity index (χ0v) is 10.5. The third-order valence-corrected chi connectivity index (χ3v) is 2.44. The maximum absolute atomic E-state index is 12.9. The van der Waals surface area contributed by atoms with Crippen molar-refractivity contribution in [2.75, 3.05) is 13.1 Å². The SMILES string of the molecule is O=C(O)CCCNC(=O)NCCc1cccc(F)c1. The van der Waals surface area contributed by atoms with Gasteiger partial charge in [0, 0.05) is 19.5 Å². The Morgan fingerprint density at radius 3 is 2.63 bits per heavy atom. The second-order valence-corrected chi connectivity index (χ2v) is 4.06. The average molecular weight is 268 g/mol. The first-order valence-corrected chi connectivity index (χ1v) is 6.06. The summed E-state index contributed by atoms with van der Waals surface area (Å²) in [6.45, 7) is 0.715. The Labute approximate surface area is 110 Å². The smallest absolute Gasteiger partial charge is 0.314 e. The van der Waals surface area contributed by atoms with Gasteiger partial charge in [-0.1, -0.05) is 12.1 Å². The summed E-state index contributed by atoms with van der Waals surface area (Å²) in [6.07, 6.45) is 0.969. The van der Waals surface area contributed by atoms with Crippen molar-refractivity contribution >= 4 is 12.0 Å². The van der Waals surface area contributed by atoms with E-state index >= 15 is 0 Å². The summed E-state index contributed by atoms with van der Waals surface area (Å²) >= 11 is 0. The van der Waals surface area contributed by atoms with Crippen molar-refractivity contribution in [1.82, 2.24) is 10.6 Å². The van der Waals surface area contributed by atoms with Crippen molar-refractivity contribution < 1.29 is 19.1 Å². The maximum atomic E-state index is 12.9. The number of urea groups is 1. The zero-order chi connectivity index (χ0) is 14.1. The molecule has 3 N–H and O–H groups in total. The first kappa shape index (κ1) is 14.9. The number of aliphatic carboxylic acids is 1. The summed E-state index contributed by atoms with van der Waals surface area (Å²) < 4.78 is 12.9. The normalized spacial score (nSPS) is 9.95. The van der Waals surface area contributed by atoms with Gasteiger partial charge in [-0.3, -0.25) is 4.79 Å². The molecule has 0 aliphatic carbocycles. The molecule has 5 nitrogen and oxygen atoms in total. The summed E-state index contributed by atoms with van der Waals surface area (Å²) in [5, 5.41) is 13.6. The number of rotatable bonds is 7. The minimum atomic E-state index is -0.881. The number of hydrogen-bond donors (Lipinski definition) is 3. The molecule has 6 heteroatoms. The second kappa shape index (κ2) is 8.07. The maximum Gasteiger partial charge on any atom is 0.314 e. The van der Waals surface area contributed by atoms with Gasteiger partial charge >= 0.3 is 12.0 Å². The van der Waals surface area contributed by atoms with Gasteiger partial charge in [0.25, 0.3) is 0 Å². The van der Waals surface area contributed by atoms with E-state index in [1.165, 1.54) is 12.1 Å². The lowest BCUT2D eigenvalue weighted by atomic mass is 10.1. The van der Waals surface area contributed by atoms with Gasteiger partial charge in [0.05, 0.1) is 0 Å². The lowest BCUT2D eigenvalue weighted by molar-refractivity contribution is -0.137. The highest BCUT2D eigenvalue weighted by atomic mass is 19.1. The van der Waals surface area contributed by atoms with E-state index in [4.69, 9.17) is 5.11 Å². The first-order chi connectivity index (χ1) is 9.08. The van der Waals surface area contributed by atoms with Crippen LogP contribution in [0.2, 0.25) is 0 Å². The third-order valence-electron chi connectivity index (χ3n) is 2.44. The lowest BCUT2D eigenvalue weighted by Gasteiger charge is -2.07. The monoisotopic (exact) mass is 268 g/mol. The number of carboxylic acids is 1. The topological polar surface area (TPSA) is 78.4 Å². The molecule has 0 heterocycles. The largest absolute Gasteiger partial charge is 0.481 e. The highest BCUT2D eigenvalue weighted by Gasteiger charge is 2.01.